The van der Waals surface area contributed by atoms with Gasteiger partial charge in [0.1, 0.15) is 0 Å². The molecule has 5 nitrogen and oxygen atoms in total. The molecule has 2 heterocycles. The van der Waals surface area contributed by atoms with Crippen LogP contribution >= 0.6 is 0 Å². The molecule has 2 N–H and O–H groups in total. The number of likely N-dealkylation sites (tertiary alicyclic amines) is 2. The van der Waals surface area contributed by atoms with E-state index in [9.17, 15) is 9.59 Å². The normalized spacial score (nSPS) is 26.5. The first-order chi connectivity index (χ1) is 12.4. The van der Waals surface area contributed by atoms with E-state index >= 15 is 0 Å². The zero-order valence-electron chi connectivity index (χ0n) is 16.0. The second kappa shape index (κ2) is 7.39. The van der Waals surface area contributed by atoms with Gasteiger partial charge < -0.3 is 15.5 Å². The average molecular weight is 357 g/mol. The minimum atomic E-state index is -0.572. The van der Waals surface area contributed by atoms with E-state index in [0.717, 1.165) is 50.9 Å². The van der Waals surface area contributed by atoms with Crippen molar-refractivity contribution < 1.29 is 9.59 Å². The Balaban J connectivity index is 1.92. The van der Waals surface area contributed by atoms with Gasteiger partial charge in [0.25, 0.3) is 0 Å². The maximum Gasteiger partial charge on any atom is 0.233 e. The Hall–Kier alpha value is -1.88. The average Bonchev–Trinajstić information content (AvgIpc) is 2.69. The molecular weight excluding hydrogens is 326 g/mol. The van der Waals surface area contributed by atoms with Gasteiger partial charge in [-0.1, -0.05) is 37.3 Å². The summed E-state index contributed by atoms with van der Waals surface area (Å²) in [4.78, 5) is 30.1. The van der Waals surface area contributed by atoms with Crippen LogP contribution in [-0.4, -0.2) is 54.8 Å². The molecule has 0 saturated carbocycles. The molecular formula is C21H31N3O2. The fraction of sp³-hybridized carbons (Fsp3) is 0.619. The van der Waals surface area contributed by atoms with Crippen LogP contribution in [0.2, 0.25) is 0 Å². The van der Waals surface area contributed by atoms with E-state index in [2.05, 4.69) is 24.1 Å². The van der Waals surface area contributed by atoms with E-state index in [4.69, 9.17) is 5.73 Å². The Morgan fingerprint density at radius 1 is 1.08 bits per heavy atom. The van der Waals surface area contributed by atoms with Gasteiger partial charge in [-0.2, -0.15) is 0 Å². The monoisotopic (exact) mass is 357 g/mol. The molecule has 1 aromatic rings. The molecule has 5 heteroatoms. The van der Waals surface area contributed by atoms with Gasteiger partial charge in [0.15, 0.2) is 0 Å². The minimum Gasteiger partial charge on any atom is -0.369 e. The molecule has 2 amide bonds. The molecule has 1 unspecified atom stereocenters. The van der Waals surface area contributed by atoms with Crippen LogP contribution in [0, 0.1) is 5.41 Å². The molecule has 3 rings (SSSR count). The summed E-state index contributed by atoms with van der Waals surface area (Å²) in [6.45, 7) is 4.99. The van der Waals surface area contributed by atoms with Gasteiger partial charge in [0, 0.05) is 13.1 Å². The van der Waals surface area contributed by atoms with Gasteiger partial charge in [-0.25, -0.2) is 0 Å². The van der Waals surface area contributed by atoms with Gasteiger partial charge in [0.05, 0.1) is 10.8 Å². The number of nitrogens with zero attached hydrogens (tertiary/aromatic N) is 2. The summed E-state index contributed by atoms with van der Waals surface area (Å²) < 4.78 is 0. The third-order valence-corrected chi connectivity index (χ3v) is 6.64. The molecule has 2 saturated heterocycles. The Labute approximate surface area is 156 Å². The van der Waals surface area contributed by atoms with Crippen LogP contribution in [0.15, 0.2) is 30.3 Å². The zero-order valence-corrected chi connectivity index (χ0v) is 16.0. The van der Waals surface area contributed by atoms with Crippen molar-refractivity contribution in [1.82, 2.24) is 9.80 Å². The molecule has 142 valence electrons. The SMILES string of the molecule is CCC1(C(N)=O)CCCN(C(=O)C2(c3ccccc3)CCN(C)CC2)C1. The lowest BCUT2D eigenvalue weighted by Crippen LogP contribution is -2.58. The summed E-state index contributed by atoms with van der Waals surface area (Å²) in [6.07, 6.45) is 3.95. The topological polar surface area (TPSA) is 66.6 Å². The minimum absolute atomic E-state index is 0.176. The number of amides is 2. The second-order valence-corrected chi connectivity index (χ2v) is 8.08. The van der Waals surface area contributed by atoms with Gasteiger partial charge in [0.2, 0.25) is 11.8 Å². The molecule has 1 aromatic carbocycles. The van der Waals surface area contributed by atoms with Crippen molar-refractivity contribution in [3.63, 3.8) is 0 Å². The van der Waals surface area contributed by atoms with Gasteiger partial charge >= 0.3 is 0 Å². The number of piperidine rings is 2. The summed E-state index contributed by atoms with van der Waals surface area (Å²) in [5, 5.41) is 0. The van der Waals surface area contributed by atoms with Crippen LogP contribution in [0.25, 0.3) is 0 Å². The third-order valence-electron chi connectivity index (χ3n) is 6.64. The molecule has 2 fully saturated rings. The number of carbonyl (C=O) groups is 2. The lowest BCUT2D eigenvalue weighted by molar-refractivity contribution is -0.146. The van der Waals surface area contributed by atoms with Crippen LogP contribution in [0.4, 0.5) is 0 Å². The molecule has 0 bridgehead atoms. The van der Waals surface area contributed by atoms with Crippen LogP contribution in [0.5, 0.6) is 0 Å². The fourth-order valence-electron chi connectivity index (χ4n) is 4.66. The maximum absolute atomic E-state index is 13.8. The zero-order chi connectivity index (χ0) is 18.8. The molecule has 0 radical (unpaired) electrons. The van der Waals surface area contributed by atoms with Crippen molar-refractivity contribution >= 4 is 11.8 Å². The molecule has 1 atom stereocenters. The van der Waals surface area contributed by atoms with Gasteiger partial charge in [-0.05, 0) is 57.8 Å². The summed E-state index contributed by atoms with van der Waals surface area (Å²) in [6, 6.07) is 10.2. The first kappa shape index (κ1) is 18.9. The molecule has 2 aliphatic rings. The van der Waals surface area contributed by atoms with E-state index in [0.29, 0.717) is 13.0 Å². The fourth-order valence-corrected chi connectivity index (χ4v) is 4.66. The van der Waals surface area contributed by atoms with Crippen LogP contribution in [0.1, 0.15) is 44.6 Å². The molecule has 0 spiro atoms. The molecule has 0 aliphatic carbocycles. The Morgan fingerprint density at radius 2 is 1.73 bits per heavy atom. The standard InChI is InChI=1S/C21H31N3O2/c1-3-20(18(22)25)10-7-13-24(16-20)19(26)21(11-14-23(2)15-12-21)17-8-5-4-6-9-17/h4-6,8-9H,3,7,10-16H2,1-2H3,(H2,22,25). The van der Waals surface area contributed by atoms with Crippen molar-refractivity contribution in [2.24, 2.45) is 11.1 Å². The highest BCUT2D eigenvalue weighted by molar-refractivity contribution is 5.90. The van der Waals surface area contributed by atoms with Crippen molar-refractivity contribution in [2.45, 2.75) is 44.4 Å². The van der Waals surface area contributed by atoms with Crippen LogP contribution in [0.3, 0.4) is 0 Å². The first-order valence-electron chi connectivity index (χ1n) is 9.77. The van der Waals surface area contributed by atoms with Gasteiger partial charge in [-0.3, -0.25) is 9.59 Å². The van der Waals surface area contributed by atoms with Crippen molar-refractivity contribution in [3.05, 3.63) is 35.9 Å². The van der Waals surface area contributed by atoms with E-state index in [1.165, 1.54) is 0 Å². The summed E-state index contributed by atoms with van der Waals surface area (Å²) in [5.74, 6) is -0.0924. The highest BCUT2D eigenvalue weighted by Crippen LogP contribution is 2.40. The van der Waals surface area contributed by atoms with Crippen LogP contribution in [-0.2, 0) is 15.0 Å². The quantitative estimate of drug-likeness (QED) is 0.898. The first-order valence-corrected chi connectivity index (χ1v) is 9.77. The highest BCUT2D eigenvalue weighted by Gasteiger charge is 2.48. The summed E-state index contributed by atoms with van der Waals surface area (Å²) in [5.41, 5.74) is 5.78. The Morgan fingerprint density at radius 3 is 2.31 bits per heavy atom. The third kappa shape index (κ3) is 3.25. The van der Waals surface area contributed by atoms with E-state index in [1.807, 2.05) is 30.0 Å². The summed E-state index contributed by atoms with van der Waals surface area (Å²) >= 11 is 0. The number of rotatable bonds is 4. The second-order valence-electron chi connectivity index (χ2n) is 8.08. The van der Waals surface area contributed by atoms with Crippen LogP contribution < -0.4 is 5.73 Å². The number of benzene rings is 1. The van der Waals surface area contributed by atoms with Gasteiger partial charge in [-0.15, -0.1) is 0 Å². The van der Waals surface area contributed by atoms with E-state index in [-0.39, 0.29) is 11.8 Å². The maximum atomic E-state index is 13.8. The number of primary amides is 1. The van der Waals surface area contributed by atoms with E-state index in [1.54, 1.807) is 0 Å². The smallest absolute Gasteiger partial charge is 0.233 e. The predicted molar refractivity (Wildman–Crippen MR) is 103 cm³/mol. The lowest BCUT2D eigenvalue weighted by Gasteiger charge is -2.47. The molecule has 0 aromatic heterocycles. The number of carbonyl (C=O) groups excluding carboxylic acids is 2. The largest absolute Gasteiger partial charge is 0.369 e. The van der Waals surface area contributed by atoms with Crippen molar-refractivity contribution in [1.29, 1.82) is 0 Å². The Bertz CT molecular complexity index is 652. The molecule has 2 aliphatic heterocycles. The van der Waals surface area contributed by atoms with Crippen molar-refractivity contribution in [2.75, 3.05) is 33.2 Å². The molecule has 26 heavy (non-hydrogen) atoms. The number of hydrogen-bond donors (Lipinski definition) is 1. The Kier molecular flexibility index (Phi) is 5.37. The lowest BCUT2D eigenvalue weighted by atomic mass is 9.70. The number of nitrogens with two attached hydrogens (primary N) is 1. The number of hydrogen-bond acceptors (Lipinski definition) is 3. The summed E-state index contributed by atoms with van der Waals surface area (Å²) in [7, 11) is 2.11. The van der Waals surface area contributed by atoms with Crippen molar-refractivity contribution in [3.8, 4) is 0 Å². The highest BCUT2D eigenvalue weighted by atomic mass is 16.2. The van der Waals surface area contributed by atoms with E-state index < -0.39 is 10.8 Å². The predicted octanol–water partition coefficient (Wildman–Crippen LogP) is 2.15.